The Morgan fingerprint density at radius 1 is 1.53 bits per heavy atom. The summed E-state index contributed by atoms with van der Waals surface area (Å²) in [4.78, 5) is 0.653. The summed E-state index contributed by atoms with van der Waals surface area (Å²) < 4.78 is 0. The molecule has 15 heavy (non-hydrogen) atoms. The van der Waals surface area contributed by atoms with Crippen LogP contribution in [0.3, 0.4) is 0 Å². The number of phenols is 1. The molecule has 1 aliphatic rings. The molecule has 2 atom stereocenters. The number of anilines is 1. The molecular formula is C9H12N2O3S. The molecule has 1 heterocycles. The van der Waals surface area contributed by atoms with Crippen LogP contribution in [-0.2, 0) is 0 Å². The number of aromatic hydroxyl groups is 1. The van der Waals surface area contributed by atoms with E-state index in [1.807, 2.05) is 0 Å². The van der Waals surface area contributed by atoms with Crippen LogP contribution in [0, 0.1) is 0 Å². The van der Waals surface area contributed by atoms with Crippen LogP contribution in [0.2, 0.25) is 0 Å². The van der Waals surface area contributed by atoms with Crippen molar-refractivity contribution in [3.63, 3.8) is 0 Å². The van der Waals surface area contributed by atoms with Crippen molar-refractivity contribution >= 4 is 17.4 Å². The molecule has 6 heteroatoms. The van der Waals surface area contributed by atoms with Crippen LogP contribution >= 0.6 is 11.8 Å². The van der Waals surface area contributed by atoms with Crippen LogP contribution in [0.4, 0.5) is 5.69 Å². The number of rotatable bonds is 2. The average Bonchev–Trinajstić information content (AvgIpc) is 2.60. The summed E-state index contributed by atoms with van der Waals surface area (Å²) >= 11 is 1.14. The minimum atomic E-state index is -0.794. The molecule has 0 saturated heterocycles. The lowest BCUT2D eigenvalue weighted by atomic mass is 10.1. The van der Waals surface area contributed by atoms with E-state index in [2.05, 4.69) is 5.32 Å². The summed E-state index contributed by atoms with van der Waals surface area (Å²) in [6.45, 7) is 0.105. The first-order chi connectivity index (χ1) is 7.13. The van der Waals surface area contributed by atoms with E-state index in [4.69, 9.17) is 5.73 Å². The molecule has 0 aliphatic carbocycles. The summed E-state index contributed by atoms with van der Waals surface area (Å²) in [7, 11) is 0. The maximum atomic E-state index is 9.64. The van der Waals surface area contributed by atoms with Gasteiger partial charge in [-0.3, -0.25) is 0 Å². The zero-order chi connectivity index (χ0) is 11.0. The third-order valence-corrected chi connectivity index (χ3v) is 3.26. The molecule has 1 aromatic carbocycles. The molecule has 0 amide bonds. The Morgan fingerprint density at radius 3 is 2.93 bits per heavy atom. The first-order valence-corrected chi connectivity index (χ1v) is 5.36. The molecule has 1 unspecified atom stereocenters. The fraction of sp³-hybridized carbons (Fsp3) is 0.333. The molecule has 0 bridgehead atoms. The highest BCUT2D eigenvalue weighted by molar-refractivity contribution is 8.00. The predicted octanol–water partition coefficient (Wildman–Crippen LogP) is 0.178. The van der Waals surface area contributed by atoms with E-state index in [1.165, 1.54) is 6.07 Å². The van der Waals surface area contributed by atoms with Crippen molar-refractivity contribution in [1.29, 1.82) is 0 Å². The number of nitrogens with one attached hydrogen (secondary N) is 1. The number of hydrogen-bond donors (Lipinski definition) is 5. The molecule has 1 aromatic rings. The third kappa shape index (κ3) is 1.76. The van der Waals surface area contributed by atoms with Crippen LogP contribution in [-0.4, -0.2) is 27.4 Å². The molecule has 6 N–H and O–H groups in total. The topological polar surface area (TPSA) is 98.7 Å². The van der Waals surface area contributed by atoms with Gasteiger partial charge in [0.15, 0.2) is 5.56 Å². The van der Waals surface area contributed by atoms with Gasteiger partial charge in [-0.05, 0) is 11.6 Å². The number of hydrogen-bond acceptors (Lipinski definition) is 6. The Bertz CT molecular complexity index is 386. The molecule has 2 rings (SSSR count). The molecule has 1 aliphatic heterocycles. The third-order valence-electron chi connectivity index (χ3n) is 2.25. The van der Waals surface area contributed by atoms with E-state index >= 15 is 0 Å². The largest absolute Gasteiger partial charge is 0.506 e. The van der Waals surface area contributed by atoms with Gasteiger partial charge in [-0.1, -0.05) is 17.8 Å². The Hall–Kier alpha value is -0.950. The van der Waals surface area contributed by atoms with Crippen molar-refractivity contribution in [3.8, 4) is 5.75 Å². The van der Waals surface area contributed by atoms with E-state index in [-0.39, 0.29) is 12.3 Å². The van der Waals surface area contributed by atoms with Gasteiger partial charge in [-0.15, -0.1) is 0 Å². The molecule has 82 valence electrons. The van der Waals surface area contributed by atoms with Crippen LogP contribution in [0.15, 0.2) is 17.0 Å². The summed E-state index contributed by atoms with van der Waals surface area (Å²) in [5, 5.41) is 31.3. The highest BCUT2D eigenvalue weighted by Gasteiger charge is 2.27. The van der Waals surface area contributed by atoms with Gasteiger partial charge in [-0.2, -0.15) is 0 Å². The number of thioether (sulfide) groups is 1. The Morgan fingerprint density at radius 2 is 2.27 bits per heavy atom. The second kappa shape index (κ2) is 3.90. The summed E-state index contributed by atoms with van der Waals surface area (Å²) in [5.41, 5.74) is 5.65. The first kappa shape index (κ1) is 10.6. The normalized spacial score (nSPS) is 20.9. The van der Waals surface area contributed by atoms with Gasteiger partial charge in [0.25, 0.3) is 0 Å². The van der Waals surface area contributed by atoms with Gasteiger partial charge in [0.05, 0.1) is 11.8 Å². The van der Waals surface area contributed by atoms with Crippen LogP contribution in [0.1, 0.15) is 11.7 Å². The van der Waals surface area contributed by atoms with Crippen molar-refractivity contribution < 1.29 is 15.3 Å². The molecule has 0 saturated carbocycles. The van der Waals surface area contributed by atoms with E-state index in [1.54, 1.807) is 6.07 Å². The summed E-state index contributed by atoms with van der Waals surface area (Å²) in [6, 6.07) is 3.08. The SMILES string of the molecule is NCC(O)c1ccc(O)c2c1S[C@@H](O)N2. The van der Waals surface area contributed by atoms with Crippen LogP contribution in [0.25, 0.3) is 0 Å². The second-order valence-corrected chi connectivity index (χ2v) is 4.33. The number of aliphatic hydroxyl groups excluding tert-OH is 2. The summed E-state index contributed by atoms with van der Waals surface area (Å²) in [5.74, 6) is 0.0574. The van der Waals surface area contributed by atoms with Gasteiger partial charge in [0.1, 0.15) is 5.75 Å². The number of phenolic OH excluding ortho intramolecular Hbond substituents is 1. The quantitative estimate of drug-likeness (QED) is 0.463. The fourth-order valence-corrected chi connectivity index (χ4v) is 2.53. The molecular weight excluding hydrogens is 216 g/mol. The molecule has 5 nitrogen and oxygen atoms in total. The van der Waals surface area contributed by atoms with Crippen molar-refractivity contribution in [2.45, 2.75) is 16.6 Å². The molecule has 0 spiro atoms. The standard InChI is InChI=1S/C9H12N2O3S/c10-3-6(13)4-1-2-5(12)7-8(4)15-9(14)11-7/h1-2,6,9,11-14H,3,10H2/t6?,9-/m1/s1. The zero-order valence-corrected chi connectivity index (χ0v) is 8.66. The zero-order valence-electron chi connectivity index (χ0n) is 7.84. The van der Waals surface area contributed by atoms with Gasteiger partial charge in [0, 0.05) is 11.4 Å². The number of fused-ring (bicyclic) bond motifs is 1. The maximum absolute atomic E-state index is 9.64. The highest BCUT2D eigenvalue weighted by atomic mass is 32.2. The number of benzene rings is 1. The van der Waals surface area contributed by atoms with Crippen molar-refractivity contribution in [2.24, 2.45) is 5.73 Å². The Kier molecular flexibility index (Phi) is 2.74. The van der Waals surface area contributed by atoms with E-state index < -0.39 is 11.7 Å². The highest BCUT2D eigenvalue weighted by Crippen LogP contribution is 2.46. The summed E-state index contributed by atoms with van der Waals surface area (Å²) in [6.07, 6.45) is -0.779. The van der Waals surface area contributed by atoms with Gasteiger partial charge in [0.2, 0.25) is 0 Å². The lowest BCUT2D eigenvalue weighted by Crippen LogP contribution is -2.12. The number of nitrogens with two attached hydrogens (primary N) is 1. The Labute approximate surface area is 90.9 Å². The van der Waals surface area contributed by atoms with Crippen LogP contribution in [0.5, 0.6) is 5.75 Å². The van der Waals surface area contributed by atoms with Gasteiger partial charge >= 0.3 is 0 Å². The van der Waals surface area contributed by atoms with Crippen molar-refractivity contribution in [1.82, 2.24) is 0 Å². The minimum Gasteiger partial charge on any atom is -0.506 e. The number of aliphatic hydroxyl groups is 2. The lowest BCUT2D eigenvalue weighted by Gasteiger charge is -2.12. The lowest BCUT2D eigenvalue weighted by molar-refractivity contribution is 0.184. The first-order valence-electron chi connectivity index (χ1n) is 4.48. The molecule has 0 radical (unpaired) electrons. The second-order valence-electron chi connectivity index (χ2n) is 3.24. The smallest absolute Gasteiger partial charge is 0.178 e. The maximum Gasteiger partial charge on any atom is 0.178 e. The van der Waals surface area contributed by atoms with E-state index in [0.717, 1.165) is 11.8 Å². The van der Waals surface area contributed by atoms with Crippen molar-refractivity contribution in [2.75, 3.05) is 11.9 Å². The predicted molar refractivity (Wildman–Crippen MR) is 57.6 cm³/mol. The fourth-order valence-electron chi connectivity index (χ4n) is 1.51. The monoisotopic (exact) mass is 228 g/mol. The van der Waals surface area contributed by atoms with Crippen LogP contribution < -0.4 is 11.1 Å². The van der Waals surface area contributed by atoms with Crippen molar-refractivity contribution in [3.05, 3.63) is 17.7 Å². The van der Waals surface area contributed by atoms with Gasteiger partial charge in [-0.25, -0.2) is 0 Å². The van der Waals surface area contributed by atoms with E-state index in [0.29, 0.717) is 16.1 Å². The van der Waals surface area contributed by atoms with Gasteiger partial charge < -0.3 is 26.4 Å². The van der Waals surface area contributed by atoms with E-state index in [9.17, 15) is 15.3 Å². The average molecular weight is 228 g/mol. The minimum absolute atomic E-state index is 0.0574. The molecule has 0 fully saturated rings. The Balaban J connectivity index is 2.47. The molecule has 0 aromatic heterocycles.